The third kappa shape index (κ3) is 7.39. The summed E-state index contributed by atoms with van der Waals surface area (Å²) in [7, 11) is 0. The van der Waals surface area contributed by atoms with Gasteiger partial charge in [0.1, 0.15) is 0 Å². The molecule has 60 valence electrons. The van der Waals surface area contributed by atoms with Crippen LogP contribution >= 0.6 is 0 Å². The molecule has 10 heavy (non-hydrogen) atoms. The Labute approximate surface area is 59.9 Å². The number of aliphatic hydroxyl groups excluding tert-OH is 1. The fourth-order valence-electron chi connectivity index (χ4n) is 0.557. The first-order chi connectivity index (χ1) is 4.77. The number of hydrogen-bond acceptors (Lipinski definition) is 3. The number of unbranched alkanes of at least 4 members (excludes halogenated alkanes) is 1. The molecule has 0 aromatic rings. The number of carboxylic acid groups (broad SMARTS) is 1. The van der Waals surface area contributed by atoms with Crippen molar-refractivity contribution in [1.29, 1.82) is 0 Å². The third-order valence-electron chi connectivity index (χ3n) is 1.04. The minimum Gasteiger partial charge on any atom is -0.480 e. The second-order valence-electron chi connectivity index (χ2n) is 2.00. The van der Waals surface area contributed by atoms with Gasteiger partial charge >= 0.3 is 5.97 Å². The van der Waals surface area contributed by atoms with Gasteiger partial charge in [0, 0.05) is 6.61 Å². The minimum atomic E-state index is -0.844. The summed E-state index contributed by atoms with van der Waals surface area (Å²) < 4.78 is 0. The van der Waals surface area contributed by atoms with Crippen molar-refractivity contribution in [1.82, 2.24) is 5.32 Å². The number of aliphatic carboxylic acids is 1. The molecule has 0 aromatic carbocycles. The molecule has 0 saturated carbocycles. The van der Waals surface area contributed by atoms with E-state index < -0.39 is 5.97 Å². The molecule has 3 N–H and O–H groups in total. The van der Waals surface area contributed by atoms with E-state index in [1.54, 1.807) is 0 Å². The Morgan fingerprint density at radius 1 is 1.40 bits per heavy atom. The van der Waals surface area contributed by atoms with Gasteiger partial charge in [0.2, 0.25) is 0 Å². The number of aliphatic hydroxyl groups is 1. The molecule has 0 bridgehead atoms. The number of hydrogen-bond donors (Lipinski definition) is 3. The van der Waals surface area contributed by atoms with Crippen molar-refractivity contribution in [3.8, 4) is 0 Å². The van der Waals surface area contributed by atoms with E-state index in [9.17, 15) is 4.79 Å². The summed E-state index contributed by atoms with van der Waals surface area (Å²) >= 11 is 0. The van der Waals surface area contributed by atoms with Crippen molar-refractivity contribution in [3.63, 3.8) is 0 Å². The van der Waals surface area contributed by atoms with E-state index in [2.05, 4.69) is 5.32 Å². The molecule has 0 aliphatic carbocycles. The molecule has 0 amide bonds. The molecular formula is C6H13NO3. The zero-order valence-corrected chi connectivity index (χ0v) is 5.84. The van der Waals surface area contributed by atoms with Crippen LogP contribution < -0.4 is 5.32 Å². The molecule has 0 saturated heterocycles. The van der Waals surface area contributed by atoms with Crippen LogP contribution in [0.5, 0.6) is 0 Å². The van der Waals surface area contributed by atoms with Crippen molar-refractivity contribution in [3.05, 3.63) is 0 Å². The lowest BCUT2D eigenvalue weighted by Gasteiger charge is -1.98. The predicted octanol–water partition coefficient (Wildman–Crippen LogP) is -0.567. The van der Waals surface area contributed by atoms with Gasteiger partial charge in [0.25, 0.3) is 0 Å². The summed E-state index contributed by atoms with van der Waals surface area (Å²) in [6.07, 6.45) is 1.55. The average Bonchev–Trinajstić information content (AvgIpc) is 1.87. The van der Waals surface area contributed by atoms with Crippen LogP contribution in [0.3, 0.4) is 0 Å². The lowest BCUT2D eigenvalue weighted by molar-refractivity contribution is -0.135. The van der Waals surface area contributed by atoms with Crippen molar-refractivity contribution < 1.29 is 15.0 Å². The van der Waals surface area contributed by atoms with Crippen LogP contribution in [0.25, 0.3) is 0 Å². The molecule has 4 heteroatoms. The standard InChI is InChI=1S/C6H13NO3/c8-4-2-1-3-7-5-6(9)10/h7-8H,1-5H2,(H,9,10). The Morgan fingerprint density at radius 2 is 2.10 bits per heavy atom. The second kappa shape index (κ2) is 6.51. The van der Waals surface area contributed by atoms with Crippen molar-refractivity contribution >= 4 is 5.97 Å². The van der Waals surface area contributed by atoms with E-state index in [1.165, 1.54) is 0 Å². The molecule has 0 aromatic heterocycles. The van der Waals surface area contributed by atoms with Gasteiger partial charge in [-0.2, -0.15) is 0 Å². The zero-order valence-electron chi connectivity index (χ0n) is 5.84. The minimum absolute atomic E-state index is 0.00539. The van der Waals surface area contributed by atoms with Crippen molar-refractivity contribution in [2.24, 2.45) is 0 Å². The molecule has 0 fully saturated rings. The lowest BCUT2D eigenvalue weighted by atomic mass is 10.3. The molecule has 0 aliphatic rings. The van der Waals surface area contributed by atoms with Crippen LogP contribution in [0.2, 0.25) is 0 Å². The largest absolute Gasteiger partial charge is 0.480 e. The SMILES string of the molecule is O=C(O)CNCCCCO. The van der Waals surface area contributed by atoms with Crippen LogP contribution in [0.1, 0.15) is 12.8 Å². The number of carbonyl (C=O) groups is 1. The van der Waals surface area contributed by atoms with Crippen molar-refractivity contribution in [2.75, 3.05) is 19.7 Å². The van der Waals surface area contributed by atoms with E-state index in [0.717, 1.165) is 12.8 Å². The third-order valence-corrected chi connectivity index (χ3v) is 1.04. The Bertz CT molecular complexity index is 95.0. The summed E-state index contributed by atoms with van der Waals surface area (Å²) in [5.41, 5.74) is 0. The Morgan fingerprint density at radius 3 is 2.60 bits per heavy atom. The van der Waals surface area contributed by atoms with Crippen LogP contribution in [-0.2, 0) is 4.79 Å². The molecule has 0 spiro atoms. The fraction of sp³-hybridized carbons (Fsp3) is 0.833. The van der Waals surface area contributed by atoms with Gasteiger partial charge in [-0.15, -0.1) is 0 Å². The van der Waals surface area contributed by atoms with Crippen LogP contribution in [-0.4, -0.2) is 35.9 Å². The maximum Gasteiger partial charge on any atom is 0.317 e. The maximum atomic E-state index is 9.92. The monoisotopic (exact) mass is 147 g/mol. The molecule has 0 radical (unpaired) electrons. The lowest BCUT2D eigenvalue weighted by Crippen LogP contribution is -2.23. The van der Waals surface area contributed by atoms with E-state index in [0.29, 0.717) is 6.54 Å². The average molecular weight is 147 g/mol. The summed E-state index contributed by atoms with van der Waals surface area (Å²) in [5, 5.41) is 19.2. The number of rotatable bonds is 6. The van der Waals surface area contributed by atoms with E-state index in [4.69, 9.17) is 10.2 Å². The van der Waals surface area contributed by atoms with Gasteiger partial charge in [-0.1, -0.05) is 0 Å². The van der Waals surface area contributed by atoms with Crippen LogP contribution in [0.15, 0.2) is 0 Å². The Hall–Kier alpha value is -0.610. The molecule has 0 rings (SSSR count). The summed E-state index contributed by atoms with van der Waals surface area (Å²) in [5.74, 6) is -0.844. The van der Waals surface area contributed by atoms with Crippen LogP contribution in [0.4, 0.5) is 0 Å². The summed E-state index contributed by atoms with van der Waals surface area (Å²) in [6.45, 7) is 0.840. The van der Waals surface area contributed by atoms with Gasteiger partial charge in [-0.25, -0.2) is 0 Å². The molecular weight excluding hydrogens is 134 g/mol. The van der Waals surface area contributed by atoms with Gasteiger partial charge in [0.05, 0.1) is 6.54 Å². The quantitative estimate of drug-likeness (QED) is 0.440. The fourth-order valence-corrected chi connectivity index (χ4v) is 0.557. The molecule has 4 nitrogen and oxygen atoms in total. The van der Waals surface area contributed by atoms with Gasteiger partial charge < -0.3 is 15.5 Å². The predicted molar refractivity (Wildman–Crippen MR) is 36.8 cm³/mol. The second-order valence-corrected chi connectivity index (χ2v) is 2.00. The Balaban J connectivity index is 2.84. The summed E-state index contributed by atoms with van der Waals surface area (Å²) in [6, 6.07) is 0. The highest BCUT2D eigenvalue weighted by atomic mass is 16.4. The first-order valence-corrected chi connectivity index (χ1v) is 3.30. The molecule has 0 atom stereocenters. The van der Waals surface area contributed by atoms with Crippen molar-refractivity contribution in [2.45, 2.75) is 12.8 Å². The normalized spacial score (nSPS) is 9.70. The molecule has 0 aliphatic heterocycles. The van der Waals surface area contributed by atoms with Gasteiger partial charge in [-0.3, -0.25) is 4.79 Å². The Kier molecular flexibility index (Phi) is 6.11. The number of nitrogens with one attached hydrogen (secondary N) is 1. The zero-order chi connectivity index (χ0) is 7.82. The summed E-state index contributed by atoms with van der Waals surface area (Å²) in [4.78, 5) is 9.92. The number of carboxylic acids is 1. The van der Waals surface area contributed by atoms with E-state index in [-0.39, 0.29) is 13.2 Å². The van der Waals surface area contributed by atoms with E-state index in [1.807, 2.05) is 0 Å². The maximum absolute atomic E-state index is 9.92. The first kappa shape index (κ1) is 9.39. The molecule has 0 heterocycles. The topological polar surface area (TPSA) is 69.6 Å². The highest BCUT2D eigenvalue weighted by molar-refractivity contribution is 5.68. The van der Waals surface area contributed by atoms with E-state index >= 15 is 0 Å². The molecule has 0 unspecified atom stereocenters. The smallest absolute Gasteiger partial charge is 0.317 e. The first-order valence-electron chi connectivity index (χ1n) is 3.30. The highest BCUT2D eigenvalue weighted by Crippen LogP contribution is 1.82. The van der Waals surface area contributed by atoms with Gasteiger partial charge in [0.15, 0.2) is 0 Å². The highest BCUT2D eigenvalue weighted by Gasteiger charge is 1.92. The van der Waals surface area contributed by atoms with Crippen LogP contribution in [0, 0.1) is 0 Å². The van der Waals surface area contributed by atoms with Gasteiger partial charge in [-0.05, 0) is 19.4 Å².